The topological polar surface area (TPSA) is 82.2 Å². The third-order valence-electron chi connectivity index (χ3n) is 4.80. The van der Waals surface area contributed by atoms with Crippen LogP contribution in [0.5, 0.6) is 0 Å². The molecule has 1 aromatic heterocycles. The summed E-state index contributed by atoms with van der Waals surface area (Å²) in [5.74, 6) is -0.907. The number of hydrogen-bond acceptors (Lipinski definition) is 2. The summed E-state index contributed by atoms with van der Waals surface area (Å²) >= 11 is 0. The highest BCUT2D eigenvalue weighted by molar-refractivity contribution is 5.95. The van der Waals surface area contributed by atoms with Gasteiger partial charge in [-0.1, -0.05) is 67.1 Å². The van der Waals surface area contributed by atoms with E-state index in [4.69, 9.17) is 5.11 Å². The Labute approximate surface area is 170 Å². The van der Waals surface area contributed by atoms with Crippen molar-refractivity contribution in [2.24, 2.45) is 0 Å². The van der Waals surface area contributed by atoms with Gasteiger partial charge in [-0.2, -0.15) is 0 Å². The lowest BCUT2D eigenvalue weighted by atomic mass is 10.0. The minimum atomic E-state index is -0.778. The van der Waals surface area contributed by atoms with Crippen LogP contribution in [0.25, 0.3) is 11.3 Å². The van der Waals surface area contributed by atoms with Gasteiger partial charge < -0.3 is 15.4 Å². The highest BCUT2D eigenvalue weighted by atomic mass is 16.4. The second kappa shape index (κ2) is 10.3. The first kappa shape index (κ1) is 20.4. The quantitative estimate of drug-likeness (QED) is 0.441. The first-order valence-corrected chi connectivity index (χ1v) is 9.94. The predicted molar refractivity (Wildman–Crippen MR) is 114 cm³/mol. The summed E-state index contributed by atoms with van der Waals surface area (Å²) in [6.45, 7) is 0.531. The number of carboxylic acid groups (broad SMARTS) is 1. The normalized spacial score (nSPS) is 10.6. The van der Waals surface area contributed by atoms with Crippen LogP contribution >= 0.6 is 0 Å². The van der Waals surface area contributed by atoms with Gasteiger partial charge in [-0.3, -0.25) is 9.59 Å². The van der Waals surface area contributed by atoms with Crippen molar-refractivity contribution < 1.29 is 14.7 Å². The standard InChI is InChI=1S/C24H26N2O3/c27-22(28)14-8-3-9-15-25-24(29)23-20(16-18-10-4-1-5-11-18)17-21(26-23)19-12-6-2-7-13-19/h1-2,4-7,10-13,17,26H,3,8-9,14-16H2,(H,25,29)(H,27,28). The molecule has 1 amide bonds. The SMILES string of the molecule is O=C(O)CCCCCNC(=O)c1[nH]c(-c2ccccc2)cc1Cc1ccccc1. The number of nitrogens with one attached hydrogen (secondary N) is 2. The van der Waals surface area contributed by atoms with Crippen LogP contribution in [-0.2, 0) is 11.2 Å². The van der Waals surface area contributed by atoms with Crippen LogP contribution in [0.2, 0.25) is 0 Å². The fraction of sp³-hybridized carbons (Fsp3) is 0.250. The van der Waals surface area contributed by atoms with Gasteiger partial charge in [-0.15, -0.1) is 0 Å². The third kappa shape index (κ3) is 6.07. The summed E-state index contributed by atoms with van der Waals surface area (Å²) < 4.78 is 0. The van der Waals surface area contributed by atoms with E-state index in [1.807, 2.05) is 54.6 Å². The Morgan fingerprint density at radius 2 is 1.59 bits per heavy atom. The number of rotatable bonds is 10. The summed E-state index contributed by atoms with van der Waals surface area (Å²) in [5.41, 5.74) is 4.64. The molecule has 150 valence electrons. The molecule has 1 heterocycles. The van der Waals surface area contributed by atoms with Gasteiger partial charge >= 0.3 is 5.97 Å². The Balaban J connectivity index is 1.70. The van der Waals surface area contributed by atoms with Crippen LogP contribution in [0.15, 0.2) is 66.7 Å². The molecule has 2 aromatic carbocycles. The van der Waals surface area contributed by atoms with Crippen molar-refractivity contribution in [1.82, 2.24) is 10.3 Å². The van der Waals surface area contributed by atoms with E-state index in [1.54, 1.807) is 0 Å². The number of carbonyl (C=O) groups excluding carboxylic acids is 1. The second-order valence-corrected chi connectivity index (χ2v) is 7.07. The number of H-pyrrole nitrogens is 1. The van der Waals surface area contributed by atoms with Crippen molar-refractivity contribution >= 4 is 11.9 Å². The minimum Gasteiger partial charge on any atom is -0.481 e. The molecule has 29 heavy (non-hydrogen) atoms. The fourth-order valence-electron chi connectivity index (χ4n) is 3.30. The maximum absolute atomic E-state index is 12.8. The van der Waals surface area contributed by atoms with E-state index in [0.29, 0.717) is 25.1 Å². The molecule has 0 radical (unpaired) electrons. The summed E-state index contributed by atoms with van der Waals surface area (Å²) in [5, 5.41) is 11.6. The van der Waals surface area contributed by atoms with Gasteiger partial charge in [0.2, 0.25) is 0 Å². The molecule has 0 unspecified atom stereocenters. The molecule has 0 fully saturated rings. The zero-order valence-corrected chi connectivity index (χ0v) is 16.4. The van der Waals surface area contributed by atoms with Crippen molar-refractivity contribution in [3.8, 4) is 11.3 Å². The van der Waals surface area contributed by atoms with Crippen molar-refractivity contribution in [1.29, 1.82) is 0 Å². The number of amides is 1. The van der Waals surface area contributed by atoms with Crippen LogP contribution in [0, 0.1) is 0 Å². The molecule has 0 saturated carbocycles. The largest absolute Gasteiger partial charge is 0.481 e. The summed E-state index contributed by atoms with van der Waals surface area (Å²) in [6.07, 6.45) is 3.02. The van der Waals surface area contributed by atoms with Crippen LogP contribution in [-0.4, -0.2) is 28.5 Å². The Morgan fingerprint density at radius 3 is 2.28 bits per heavy atom. The molecular formula is C24H26N2O3. The number of hydrogen-bond donors (Lipinski definition) is 3. The van der Waals surface area contributed by atoms with Crippen LogP contribution in [0.4, 0.5) is 0 Å². The molecule has 0 aliphatic rings. The number of aromatic nitrogens is 1. The molecule has 5 nitrogen and oxygen atoms in total. The lowest BCUT2D eigenvalue weighted by Crippen LogP contribution is -2.25. The first-order valence-electron chi connectivity index (χ1n) is 9.94. The molecule has 0 atom stereocenters. The van der Waals surface area contributed by atoms with Crippen molar-refractivity contribution in [3.63, 3.8) is 0 Å². The minimum absolute atomic E-state index is 0.128. The average Bonchev–Trinajstić information content (AvgIpc) is 3.15. The van der Waals surface area contributed by atoms with Crippen LogP contribution in [0.1, 0.15) is 47.3 Å². The Morgan fingerprint density at radius 1 is 0.897 bits per heavy atom. The molecule has 0 saturated heterocycles. The van der Waals surface area contributed by atoms with Crippen molar-refractivity contribution in [3.05, 3.63) is 83.6 Å². The summed E-state index contributed by atoms with van der Waals surface area (Å²) in [4.78, 5) is 26.7. The molecule has 3 N–H and O–H groups in total. The fourth-order valence-corrected chi connectivity index (χ4v) is 3.30. The van der Waals surface area contributed by atoms with E-state index >= 15 is 0 Å². The Kier molecular flexibility index (Phi) is 7.22. The van der Waals surface area contributed by atoms with Gasteiger partial charge in [0.1, 0.15) is 5.69 Å². The van der Waals surface area contributed by atoms with E-state index in [-0.39, 0.29) is 12.3 Å². The molecule has 0 aliphatic carbocycles. The molecule has 0 bridgehead atoms. The van der Waals surface area contributed by atoms with Gasteiger partial charge in [0.05, 0.1) is 0 Å². The average molecular weight is 390 g/mol. The summed E-state index contributed by atoms with van der Waals surface area (Å²) in [6, 6.07) is 22.1. The zero-order chi connectivity index (χ0) is 20.5. The van der Waals surface area contributed by atoms with E-state index in [1.165, 1.54) is 0 Å². The smallest absolute Gasteiger partial charge is 0.303 e. The van der Waals surface area contributed by atoms with Gasteiger partial charge in [-0.25, -0.2) is 0 Å². The van der Waals surface area contributed by atoms with Gasteiger partial charge in [0.15, 0.2) is 0 Å². The van der Waals surface area contributed by atoms with E-state index in [9.17, 15) is 9.59 Å². The second-order valence-electron chi connectivity index (χ2n) is 7.07. The van der Waals surface area contributed by atoms with E-state index < -0.39 is 5.97 Å². The Hall–Kier alpha value is -3.34. The molecular weight excluding hydrogens is 364 g/mol. The Bertz CT molecular complexity index is 933. The molecule has 0 aliphatic heterocycles. The number of unbranched alkanes of at least 4 members (excludes halogenated alkanes) is 2. The summed E-state index contributed by atoms with van der Waals surface area (Å²) in [7, 11) is 0. The number of carbonyl (C=O) groups is 2. The highest BCUT2D eigenvalue weighted by Crippen LogP contribution is 2.24. The molecule has 5 heteroatoms. The molecule has 0 spiro atoms. The molecule has 3 aromatic rings. The number of aromatic amines is 1. The van der Waals surface area contributed by atoms with Gasteiger partial charge in [0.25, 0.3) is 5.91 Å². The highest BCUT2D eigenvalue weighted by Gasteiger charge is 2.16. The molecule has 3 rings (SSSR count). The van der Waals surface area contributed by atoms with E-state index in [2.05, 4.69) is 22.4 Å². The van der Waals surface area contributed by atoms with Gasteiger partial charge in [0, 0.05) is 18.7 Å². The van der Waals surface area contributed by atoms with Gasteiger partial charge in [-0.05, 0) is 42.0 Å². The number of aliphatic carboxylic acids is 1. The lowest BCUT2D eigenvalue weighted by molar-refractivity contribution is -0.137. The maximum Gasteiger partial charge on any atom is 0.303 e. The van der Waals surface area contributed by atoms with Crippen LogP contribution in [0.3, 0.4) is 0 Å². The zero-order valence-electron chi connectivity index (χ0n) is 16.4. The number of benzene rings is 2. The van der Waals surface area contributed by atoms with Crippen LogP contribution < -0.4 is 5.32 Å². The monoisotopic (exact) mass is 390 g/mol. The van der Waals surface area contributed by atoms with Crippen molar-refractivity contribution in [2.75, 3.05) is 6.54 Å². The lowest BCUT2D eigenvalue weighted by Gasteiger charge is -2.07. The first-order chi connectivity index (χ1) is 14.1. The third-order valence-corrected chi connectivity index (χ3v) is 4.80. The number of carboxylic acids is 1. The van der Waals surface area contributed by atoms with Crippen molar-refractivity contribution in [2.45, 2.75) is 32.1 Å². The maximum atomic E-state index is 12.8. The predicted octanol–water partition coefficient (Wildman–Crippen LogP) is 4.65. The van der Waals surface area contributed by atoms with E-state index in [0.717, 1.165) is 35.2 Å².